The van der Waals surface area contributed by atoms with Gasteiger partial charge in [0.25, 0.3) is 0 Å². The molecule has 0 amide bonds. The minimum absolute atomic E-state index is 0.777. The third kappa shape index (κ3) is 4.90. The van der Waals surface area contributed by atoms with Gasteiger partial charge in [0, 0.05) is 23.3 Å². The molecule has 0 N–H and O–H groups in total. The molecule has 0 saturated heterocycles. The highest BCUT2D eigenvalue weighted by atomic mass is 32.1. The van der Waals surface area contributed by atoms with E-state index in [0.29, 0.717) is 0 Å². The van der Waals surface area contributed by atoms with E-state index < -0.39 is 0 Å². The summed E-state index contributed by atoms with van der Waals surface area (Å²) in [5.74, 6) is 0.938. The quantitative estimate of drug-likeness (QED) is 0.225. The zero-order chi connectivity index (χ0) is 19.9. The van der Waals surface area contributed by atoms with Crippen LogP contribution in [0.15, 0.2) is 97.1 Å². The average Bonchev–Trinajstić information content (AvgIpc) is 2.80. The second kappa shape index (κ2) is 9.49. The lowest BCUT2D eigenvalue weighted by Crippen LogP contribution is -1.95. The zero-order valence-corrected chi connectivity index (χ0v) is 17.5. The van der Waals surface area contributed by atoms with Gasteiger partial charge in [-0.05, 0) is 53.9 Å². The maximum atomic E-state index is 5.83. The van der Waals surface area contributed by atoms with Crippen molar-refractivity contribution < 1.29 is 4.74 Å². The third-order valence-electron chi connectivity index (χ3n) is 4.86. The molecule has 0 radical (unpaired) electrons. The van der Waals surface area contributed by atoms with Crippen molar-refractivity contribution in [1.82, 2.24) is 0 Å². The minimum Gasteiger partial charge on any atom is -0.494 e. The Morgan fingerprint density at radius 2 is 1.17 bits per heavy atom. The Morgan fingerprint density at radius 3 is 1.69 bits per heavy atom. The normalized spacial score (nSPS) is 10.7. The molecule has 4 rings (SSSR count). The monoisotopic (exact) mass is 397 g/mol. The van der Waals surface area contributed by atoms with Crippen molar-refractivity contribution >= 4 is 11.3 Å². The Bertz CT molecular complexity index is 983. The van der Waals surface area contributed by atoms with Crippen LogP contribution in [0.25, 0.3) is 32.0 Å². The summed E-state index contributed by atoms with van der Waals surface area (Å²) in [4.78, 5) is 2.54. The van der Waals surface area contributed by atoms with Gasteiger partial charge in [-0.1, -0.05) is 61.9 Å². The number of ether oxygens (including phenoxy) is 1. The van der Waals surface area contributed by atoms with E-state index >= 15 is 0 Å². The molecule has 29 heavy (non-hydrogen) atoms. The fourth-order valence-corrected chi connectivity index (χ4v) is 4.35. The van der Waals surface area contributed by atoms with E-state index in [1.165, 1.54) is 32.0 Å². The molecule has 0 spiro atoms. The van der Waals surface area contributed by atoms with E-state index in [1.807, 2.05) is 11.3 Å². The van der Waals surface area contributed by atoms with Crippen molar-refractivity contribution in [3.05, 3.63) is 97.1 Å². The molecule has 0 aliphatic heterocycles. The first-order chi connectivity index (χ1) is 14.3. The summed E-state index contributed by atoms with van der Waals surface area (Å²) in [6.45, 7) is 2.96. The maximum absolute atomic E-state index is 5.83. The van der Waals surface area contributed by atoms with Gasteiger partial charge in [0.1, 0.15) is 5.75 Å². The fourth-order valence-electron chi connectivity index (χ4n) is 3.24. The van der Waals surface area contributed by atoms with Crippen molar-refractivity contribution in [2.45, 2.75) is 19.8 Å². The number of unbranched alkanes of at least 4 members (excludes halogenated alkanes) is 1. The molecule has 144 valence electrons. The molecule has 4 aromatic rings. The zero-order valence-electron chi connectivity index (χ0n) is 16.7. The van der Waals surface area contributed by atoms with Crippen molar-refractivity contribution in [3.63, 3.8) is 0 Å². The van der Waals surface area contributed by atoms with Gasteiger partial charge < -0.3 is 4.74 Å². The molecule has 0 aliphatic rings. The predicted octanol–water partition coefficient (Wildman–Crippen LogP) is 8.21. The fraction of sp³-hybridized carbons (Fsp3) is 0.148. The van der Waals surface area contributed by atoms with Gasteiger partial charge in [-0.3, -0.25) is 0 Å². The first-order valence-electron chi connectivity index (χ1n) is 10.2. The lowest BCUT2D eigenvalue weighted by Gasteiger charge is -2.07. The van der Waals surface area contributed by atoms with Crippen LogP contribution < -0.4 is 4.74 Å². The lowest BCUT2D eigenvalue weighted by atomic mass is 10.0. The van der Waals surface area contributed by atoms with Crippen LogP contribution in [0.2, 0.25) is 0 Å². The van der Waals surface area contributed by atoms with Crippen LogP contribution in [0, 0.1) is 0 Å². The van der Waals surface area contributed by atoms with E-state index in [1.54, 1.807) is 0 Å². The van der Waals surface area contributed by atoms with Gasteiger partial charge in [-0.15, -0.1) is 0 Å². The van der Waals surface area contributed by atoms with Crippen molar-refractivity contribution in [2.24, 2.45) is 0 Å². The Labute approximate surface area is 177 Å². The maximum Gasteiger partial charge on any atom is 0.239 e. The second-order valence-electron chi connectivity index (χ2n) is 7.03. The van der Waals surface area contributed by atoms with Gasteiger partial charge in [0.05, 0.1) is 6.61 Å². The molecule has 0 aliphatic carbocycles. The summed E-state index contributed by atoms with van der Waals surface area (Å²) in [5, 5.41) is 0. The Hall–Kier alpha value is -2.97. The van der Waals surface area contributed by atoms with Gasteiger partial charge >= 0.3 is 0 Å². The van der Waals surface area contributed by atoms with Crippen LogP contribution in [-0.2, 0) is 0 Å². The first-order valence-corrected chi connectivity index (χ1v) is 11.0. The van der Waals surface area contributed by atoms with Gasteiger partial charge in [0.2, 0.25) is 21.1 Å². The number of hydrogen-bond acceptors (Lipinski definition) is 1. The standard InChI is InChI=1S/C27H25OS/c1-2-3-18-28-25-16-14-21(15-17-25)24-19-26(22-10-6-4-7-11-22)29-27(20-24)23-12-8-5-9-13-23/h4-17,19-20H,2-3,18H2,1H3/q+1. The van der Waals surface area contributed by atoms with Crippen LogP contribution in [0.3, 0.4) is 0 Å². The number of rotatable bonds is 7. The van der Waals surface area contributed by atoms with Crippen LogP contribution in [0.5, 0.6) is 5.75 Å². The van der Waals surface area contributed by atoms with Crippen LogP contribution in [-0.4, -0.2) is 6.61 Å². The molecule has 0 atom stereocenters. The average molecular weight is 398 g/mol. The summed E-state index contributed by atoms with van der Waals surface area (Å²) < 4.78 is 5.83. The molecule has 3 aromatic carbocycles. The molecule has 1 heterocycles. The van der Waals surface area contributed by atoms with Gasteiger partial charge in [0.15, 0.2) is 0 Å². The SMILES string of the molecule is CCCCOc1ccc(-c2cc(-c3ccccc3)[s+]c(-c3ccccc3)c2)cc1. The molecule has 2 heteroatoms. The van der Waals surface area contributed by atoms with Crippen LogP contribution >= 0.6 is 11.3 Å². The largest absolute Gasteiger partial charge is 0.494 e. The summed E-state index contributed by atoms with van der Waals surface area (Å²) in [6.07, 6.45) is 2.23. The summed E-state index contributed by atoms with van der Waals surface area (Å²) in [5.41, 5.74) is 4.92. The second-order valence-corrected chi connectivity index (χ2v) is 8.12. The molecule has 1 aromatic heterocycles. The Kier molecular flexibility index (Phi) is 6.33. The van der Waals surface area contributed by atoms with Crippen molar-refractivity contribution in [2.75, 3.05) is 6.61 Å². The highest BCUT2D eigenvalue weighted by Gasteiger charge is 2.19. The lowest BCUT2D eigenvalue weighted by molar-refractivity contribution is 0.309. The number of benzene rings is 3. The smallest absolute Gasteiger partial charge is 0.239 e. The van der Waals surface area contributed by atoms with Gasteiger partial charge in [-0.2, -0.15) is 0 Å². The molecular formula is C27H25OS+. The van der Waals surface area contributed by atoms with Gasteiger partial charge in [-0.25, -0.2) is 0 Å². The summed E-state index contributed by atoms with van der Waals surface area (Å²) >= 11 is 1.83. The van der Waals surface area contributed by atoms with Crippen molar-refractivity contribution in [1.29, 1.82) is 0 Å². The van der Waals surface area contributed by atoms with E-state index in [2.05, 4.69) is 104 Å². The molecular weight excluding hydrogens is 372 g/mol. The predicted molar refractivity (Wildman–Crippen MR) is 125 cm³/mol. The third-order valence-corrected chi connectivity index (χ3v) is 6.01. The summed E-state index contributed by atoms with van der Waals surface area (Å²) in [6, 6.07) is 34.3. The molecule has 0 saturated carbocycles. The number of hydrogen-bond donors (Lipinski definition) is 0. The highest BCUT2D eigenvalue weighted by molar-refractivity contribution is 7.18. The van der Waals surface area contributed by atoms with E-state index in [0.717, 1.165) is 25.2 Å². The Morgan fingerprint density at radius 1 is 0.621 bits per heavy atom. The first kappa shape index (κ1) is 19.4. The topological polar surface area (TPSA) is 9.23 Å². The van der Waals surface area contributed by atoms with Crippen molar-refractivity contribution in [3.8, 4) is 37.8 Å². The minimum atomic E-state index is 0.777. The van der Waals surface area contributed by atoms with E-state index in [4.69, 9.17) is 4.74 Å². The molecule has 1 nitrogen and oxygen atoms in total. The summed E-state index contributed by atoms with van der Waals surface area (Å²) in [7, 11) is 0. The van der Waals surface area contributed by atoms with E-state index in [9.17, 15) is 0 Å². The highest BCUT2D eigenvalue weighted by Crippen LogP contribution is 2.37. The van der Waals surface area contributed by atoms with Crippen LogP contribution in [0.4, 0.5) is 0 Å². The Balaban J connectivity index is 1.72. The molecule has 0 fully saturated rings. The molecule has 0 unspecified atom stereocenters. The van der Waals surface area contributed by atoms with E-state index in [-0.39, 0.29) is 0 Å². The molecule has 0 bridgehead atoms. The van der Waals surface area contributed by atoms with Crippen LogP contribution in [0.1, 0.15) is 19.8 Å².